The fraction of sp³-hybridized carbons (Fsp3) is 0.192. The number of fused-ring (bicyclic) bond motifs is 3. The normalized spacial score (nSPS) is 13.6. The van der Waals surface area contributed by atoms with Gasteiger partial charge in [0.05, 0.1) is 18.2 Å². The van der Waals surface area contributed by atoms with Crippen LogP contribution in [0.15, 0.2) is 75.9 Å². The molecule has 1 aliphatic heterocycles. The van der Waals surface area contributed by atoms with Gasteiger partial charge in [-0.15, -0.1) is 0 Å². The Labute approximate surface area is 180 Å². The summed E-state index contributed by atoms with van der Waals surface area (Å²) in [7, 11) is 1.62. The summed E-state index contributed by atoms with van der Waals surface area (Å²) in [4.78, 5) is 15.2. The molecule has 0 bridgehead atoms. The van der Waals surface area contributed by atoms with Crippen molar-refractivity contribution in [3.63, 3.8) is 0 Å². The Kier molecular flexibility index (Phi) is 4.96. The molecule has 0 saturated carbocycles. The predicted octanol–water partition coefficient (Wildman–Crippen LogP) is 5.13. The van der Waals surface area contributed by atoms with E-state index in [1.807, 2.05) is 61.5 Å². The van der Waals surface area contributed by atoms with Gasteiger partial charge in [-0.1, -0.05) is 42.5 Å². The number of benzene rings is 3. The summed E-state index contributed by atoms with van der Waals surface area (Å²) in [5.41, 5.74) is 4.69. The number of hydrogen-bond acceptors (Lipinski definition) is 5. The minimum atomic E-state index is -0.344. The highest BCUT2D eigenvalue weighted by atomic mass is 16.5. The second-order valence-corrected chi connectivity index (χ2v) is 7.78. The third-order valence-electron chi connectivity index (χ3n) is 5.81. The van der Waals surface area contributed by atoms with Crippen molar-refractivity contribution in [1.29, 1.82) is 0 Å². The topological polar surface area (TPSA) is 51.9 Å². The van der Waals surface area contributed by atoms with Crippen molar-refractivity contribution in [3.8, 4) is 22.6 Å². The average Bonchev–Trinajstić information content (AvgIpc) is 2.80. The minimum absolute atomic E-state index is 0.344. The number of nitrogens with zero attached hydrogens (tertiary/aromatic N) is 1. The first-order valence-electron chi connectivity index (χ1n) is 10.3. The first kappa shape index (κ1) is 19.4. The zero-order chi connectivity index (χ0) is 21.4. The summed E-state index contributed by atoms with van der Waals surface area (Å²) in [5.74, 6) is 1.52. The summed E-state index contributed by atoms with van der Waals surface area (Å²) < 4.78 is 17.1. The highest BCUT2D eigenvalue weighted by molar-refractivity contribution is 5.90. The van der Waals surface area contributed by atoms with Crippen molar-refractivity contribution in [2.75, 3.05) is 13.8 Å². The molecule has 0 spiro atoms. The van der Waals surface area contributed by atoms with E-state index in [1.54, 1.807) is 7.11 Å². The van der Waals surface area contributed by atoms with Gasteiger partial charge in [0.15, 0.2) is 0 Å². The quantitative estimate of drug-likeness (QED) is 0.434. The Morgan fingerprint density at radius 1 is 1.00 bits per heavy atom. The molecule has 0 aliphatic carbocycles. The second kappa shape index (κ2) is 7.93. The lowest BCUT2D eigenvalue weighted by Gasteiger charge is -2.29. The molecule has 0 unspecified atom stereocenters. The molecule has 3 aromatic carbocycles. The summed E-state index contributed by atoms with van der Waals surface area (Å²) in [6.45, 7) is 3.90. The maximum atomic E-state index is 13.0. The molecular formula is C26H23NO4. The zero-order valence-electron chi connectivity index (χ0n) is 17.6. The van der Waals surface area contributed by atoms with Crippen LogP contribution >= 0.6 is 0 Å². The molecule has 5 nitrogen and oxygen atoms in total. The van der Waals surface area contributed by atoms with Crippen LogP contribution in [0.2, 0.25) is 0 Å². The molecule has 2 heterocycles. The van der Waals surface area contributed by atoms with E-state index in [2.05, 4.69) is 17.0 Å². The van der Waals surface area contributed by atoms with Gasteiger partial charge in [0, 0.05) is 18.5 Å². The SMILES string of the molecule is COc1ccc(-c2c(C)c3ccc4c(c3oc2=O)CN(Cc2ccccc2)CO4)cc1. The molecule has 0 fully saturated rings. The maximum absolute atomic E-state index is 13.0. The van der Waals surface area contributed by atoms with E-state index in [9.17, 15) is 4.79 Å². The zero-order valence-corrected chi connectivity index (χ0v) is 17.6. The third kappa shape index (κ3) is 3.57. The van der Waals surface area contributed by atoms with Crippen LogP contribution in [0.5, 0.6) is 11.5 Å². The molecular weight excluding hydrogens is 390 g/mol. The van der Waals surface area contributed by atoms with Crippen molar-refractivity contribution in [1.82, 2.24) is 4.90 Å². The molecule has 5 heteroatoms. The highest BCUT2D eigenvalue weighted by Crippen LogP contribution is 2.36. The predicted molar refractivity (Wildman–Crippen MR) is 120 cm³/mol. The van der Waals surface area contributed by atoms with Gasteiger partial charge in [-0.25, -0.2) is 4.79 Å². The molecule has 5 rings (SSSR count). The Bertz CT molecular complexity index is 1290. The summed E-state index contributed by atoms with van der Waals surface area (Å²) >= 11 is 0. The van der Waals surface area contributed by atoms with Gasteiger partial charge in [-0.2, -0.15) is 0 Å². The molecule has 0 amide bonds. The van der Waals surface area contributed by atoms with Crippen molar-refractivity contribution in [2.24, 2.45) is 0 Å². The fourth-order valence-electron chi connectivity index (χ4n) is 4.20. The smallest absolute Gasteiger partial charge is 0.344 e. The van der Waals surface area contributed by atoms with Gasteiger partial charge < -0.3 is 13.9 Å². The van der Waals surface area contributed by atoms with Crippen LogP contribution in [0.25, 0.3) is 22.1 Å². The molecule has 1 aromatic heterocycles. The molecule has 1 aliphatic rings. The van der Waals surface area contributed by atoms with E-state index >= 15 is 0 Å². The van der Waals surface area contributed by atoms with Crippen LogP contribution in [-0.2, 0) is 13.1 Å². The van der Waals surface area contributed by atoms with Gasteiger partial charge in [-0.3, -0.25) is 4.90 Å². The number of rotatable bonds is 4. The fourth-order valence-corrected chi connectivity index (χ4v) is 4.20. The van der Waals surface area contributed by atoms with Crippen LogP contribution in [0.4, 0.5) is 0 Å². The number of methoxy groups -OCH3 is 1. The highest BCUT2D eigenvalue weighted by Gasteiger charge is 2.23. The Morgan fingerprint density at radius 2 is 1.77 bits per heavy atom. The van der Waals surface area contributed by atoms with Crippen molar-refractivity contribution < 1.29 is 13.9 Å². The molecule has 31 heavy (non-hydrogen) atoms. The maximum Gasteiger partial charge on any atom is 0.344 e. The van der Waals surface area contributed by atoms with E-state index < -0.39 is 0 Å². The lowest BCUT2D eigenvalue weighted by molar-refractivity contribution is 0.0890. The summed E-state index contributed by atoms with van der Waals surface area (Å²) in [6, 6.07) is 21.7. The monoisotopic (exact) mass is 413 g/mol. The van der Waals surface area contributed by atoms with Gasteiger partial charge >= 0.3 is 5.63 Å². The van der Waals surface area contributed by atoms with E-state index in [-0.39, 0.29) is 5.63 Å². The van der Waals surface area contributed by atoms with Gasteiger partial charge in [-0.05, 0) is 47.9 Å². The van der Waals surface area contributed by atoms with Crippen molar-refractivity contribution in [3.05, 3.63) is 93.8 Å². The van der Waals surface area contributed by atoms with Crippen LogP contribution in [0, 0.1) is 6.92 Å². The van der Waals surface area contributed by atoms with Crippen molar-refractivity contribution in [2.45, 2.75) is 20.0 Å². The van der Waals surface area contributed by atoms with Crippen LogP contribution < -0.4 is 15.1 Å². The Morgan fingerprint density at radius 3 is 2.52 bits per heavy atom. The minimum Gasteiger partial charge on any atom is -0.497 e. The van der Waals surface area contributed by atoms with Crippen LogP contribution in [0.1, 0.15) is 16.7 Å². The molecule has 0 radical (unpaired) electrons. The lowest BCUT2D eigenvalue weighted by atomic mass is 9.97. The first-order chi connectivity index (χ1) is 15.1. The number of hydrogen-bond donors (Lipinski definition) is 0. The molecule has 0 N–H and O–H groups in total. The summed E-state index contributed by atoms with van der Waals surface area (Å²) in [6.07, 6.45) is 0. The summed E-state index contributed by atoms with van der Waals surface area (Å²) in [5, 5.41) is 0.925. The number of ether oxygens (including phenoxy) is 2. The van der Waals surface area contributed by atoms with Gasteiger partial charge in [0.25, 0.3) is 0 Å². The Hall–Kier alpha value is -3.57. The molecule has 156 valence electrons. The first-order valence-corrected chi connectivity index (χ1v) is 10.3. The number of aryl methyl sites for hydroxylation is 1. The van der Waals surface area contributed by atoms with Gasteiger partial charge in [0.1, 0.15) is 23.8 Å². The molecule has 0 saturated heterocycles. The van der Waals surface area contributed by atoms with E-state index in [4.69, 9.17) is 13.9 Å². The molecule has 0 atom stereocenters. The van der Waals surface area contributed by atoms with Crippen molar-refractivity contribution >= 4 is 11.0 Å². The largest absolute Gasteiger partial charge is 0.497 e. The second-order valence-electron chi connectivity index (χ2n) is 7.78. The lowest BCUT2D eigenvalue weighted by Crippen LogP contribution is -2.31. The van der Waals surface area contributed by atoms with E-state index in [0.717, 1.165) is 40.1 Å². The standard InChI is InChI=1S/C26H23NO4/c1-17-21-12-13-23-22(15-27(16-30-23)14-18-6-4-3-5-7-18)25(21)31-26(28)24(17)19-8-10-20(29-2)11-9-19/h3-13H,14-16H2,1-2H3. The Balaban J connectivity index is 1.56. The van der Waals surface area contributed by atoms with Gasteiger partial charge in [0.2, 0.25) is 0 Å². The van der Waals surface area contributed by atoms with Crippen LogP contribution in [0.3, 0.4) is 0 Å². The van der Waals surface area contributed by atoms with E-state index in [1.165, 1.54) is 5.56 Å². The van der Waals surface area contributed by atoms with E-state index in [0.29, 0.717) is 24.4 Å². The van der Waals surface area contributed by atoms with Crippen LogP contribution in [-0.4, -0.2) is 18.7 Å². The average molecular weight is 413 g/mol. The third-order valence-corrected chi connectivity index (χ3v) is 5.81. The molecule has 4 aromatic rings.